The Hall–Kier alpha value is -2.87. The fraction of sp³-hybridized carbons (Fsp3) is 0.381. The van der Waals surface area contributed by atoms with E-state index in [0.29, 0.717) is 29.6 Å². The summed E-state index contributed by atoms with van der Waals surface area (Å²) in [5, 5.41) is 18.0. The molecule has 9 nitrogen and oxygen atoms in total. The molecule has 34 heavy (non-hydrogen) atoms. The summed E-state index contributed by atoms with van der Waals surface area (Å²) in [5.74, 6) is 0.124. The topological polar surface area (TPSA) is 144 Å². The number of aromatic amines is 1. The Labute approximate surface area is 193 Å². The minimum absolute atomic E-state index is 0.209. The number of halogens is 3. The number of primary sulfonamides is 1. The van der Waals surface area contributed by atoms with E-state index in [2.05, 4.69) is 25.5 Å². The molecule has 1 saturated heterocycles. The van der Waals surface area contributed by atoms with Crippen molar-refractivity contribution in [2.75, 3.05) is 13.1 Å². The van der Waals surface area contributed by atoms with Gasteiger partial charge in [0.25, 0.3) is 0 Å². The molecule has 1 aliphatic carbocycles. The number of aromatic nitrogens is 4. The van der Waals surface area contributed by atoms with Gasteiger partial charge in [0.1, 0.15) is 4.90 Å². The van der Waals surface area contributed by atoms with Crippen molar-refractivity contribution in [3.63, 3.8) is 0 Å². The molecule has 5 rings (SSSR count). The summed E-state index contributed by atoms with van der Waals surface area (Å²) in [6.45, 7) is 1.86. The molecular weight excluding hydrogens is 471 g/mol. The van der Waals surface area contributed by atoms with E-state index in [0.717, 1.165) is 31.5 Å². The van der Waals surface area contributed by atoms with Crippen LogP contribution in [0.1, 0.15) is 29.9 Å². The minimum atomic E-state index is -4.95. The van der Waals surface area contributed by atoms with E-state index in [1.165, 1.54) is 6.07 Å². The van der Waals surface area contributed by atoms with Crippen molar-refractivity contribution in [1.29, 1.82) is 0 Å². The normalized spacial score (nSPS) is 21.8. The van der Waals surface area contributed by atoms with Gasteiger partial charge in [0.15, 0.2) is 5.82 Å². The van der Waals surface area contributed by atoms with Crippen LogP contribution in [0, 0.1) is 0 Å². The Bertz CT molecular complexity index is 1300. The molecule has 5 N–H and O–H groups in total. The van der Waals surface area contributed by atoms with E-state index >= 15 is 0 Å². The number of tetrazole rings is 1. The van der Waals surface area contributed by atoms with Crippen molar-refractivity contribution >= 4 is 10.0 Å². The second-order valence-corrected chi connectivity index (χ2v) is 10.3. The van der Waals surface area contributed by atoms with Crippen molar-refractivity contribution in [3.05, 3.63) is 47.5 Å². The molecule has 1 saturated carbocycles. The maximum absolute atomic E-state index is 13.7. The van der Waals surface area contributed by atoms with Gasteiger partial charge in [-0.2, -0.15) is 13.2 Å². The lowest BCUT2D eigenvalue weighted by molar-refractivity contribution is -0.139. The molecule has 0 atom stereocenters. The quantitative estimate of drug-likeness (QED) is 0.494. The molecule has 2 aromatic carbocycles. The number of nitrogens with two attached hydrogens (primary N) is 2. The summed E-state index contributed by atoms with van der Waals surface area (Å²) in [5.41, 5.74) is 5.98. The van der Waals surface area contributed by atoms with Crippen LogP contribution in [-0.4, -0.2) is 59.1 Å². The van der Waals surface area contributed by atoms with Gasteiger partial charge in [0, 0.05) is 36.7 Å². The Kier molecular flexibility index (Phi) is 5.47. The molecule has 2 fully saturated rings. The van der Waals surface area contributed by atoms with Gasteiger partial charge in [0.2, 0.25) is 10.0 Å². The summed E-state index contributed by atoms with van der Waals surface area (Å²) in [6, 6.07) is 10.1. The highest BCUT2D eigenvalue weighted by Crippen LogP contribution is 2.43. The molecule has 1 aromatic heterocycles. The van der Waals surface area contributed by atoms with Crippen LogP contribution < -0.4 is 10.9 Å². The van der Waals surface area contributed by atoms with Crippen molar-refractivity contribution in [2.24, 2.45) is 10.9 Å². The lowest BCUT2D eigenvalue weighted by Crippen LogP contribution is -2.58. The van der Waals surface area contributed by atoms with Gasteiger partial charge in [-0.25, -0.2) is 18.7 Å². The molecule has 180 valence electrons. The number of nitrogens with zero attached hydrogens (tertiary/aromatic N) is 4. The Morgan fingerprint density at radius 1 is 1.06 bits per heavy atom. The Balaban J connectivity index is 1.52. The van der Waals surface area contributed by atoms with Gasteiger partial charge < -0.3 is 5.73 Å². The lowest BCUT2D eigenvalue weighted by Gasteiger charge is -2.50. The molecule has 13 heteroatoms. The predicted molar refractivity (Wildman–Crippen MR) is 117 cm³/mol. The first-order chi connectivity index (χ1) is 16.0. The van der Waals surface area contributed by atoms with E-state index in [-0.39, 0.29) is 17.0 Å². The largest absolute Gasteiger partial charge is 0.417 e. The number of alkyl halides is 3. The van der Waals surface area contributed by atoms with Crippen LogP contribution in [0.2, 0.25) is 0 Å². The molecule has 0 bridgehead atoms. The Morgan fingerprint density at radius 2 is 1.74 bits per heavy atom. The van der Waals surface area contributed by atoms with E-state index in [1.807, 2.05) is 12.1 Å². The third-order valence-corrected chi connectivity index (χ3v) is 7.59. The third-order valence-electron chi connectivity index (χ3n) is 6.60. The van der Waals surface area contributed by atoms with Crippen LogP contribution in [0.4, 0.5) is 13.2 Å². The van der Waals surface area contributed by atoms with Gasteiger partial charge in [-0.3, -0.25) is 4.90 Å². The van der Waals surface area contributed by atoms with Crippen molar-refractivity contribution in [2.45, 2.75) is 41.9 Å². The first-order valence-corrected chi connectivity index (χ1v) is 12.2. The van der Waals surface area contributed by atoms with Gasteiger partial charge >= 0.3 is 6.18 Å². The molecule has 2 heterocycles. The second kappa shape index (κ2) is 8.12. The molecule has 0 radical (unpaired) electrons. The third kappa shape index (κ3) is 4.08. The summed E-state index contributed by atoms with van der Waals surface area (Å²) in [4.78, 5) is 1.33. The first-order valence-electron chi connectivity index (χ1n) is 10.6. The number of H-pyrrole nitrogens is 1. The van der Waals surface area contributed by atoms with Gasteiger partial charge in [-0.15, -0.1) is 5.10 Å². The van der Waals surface area contributed by atoms with Crippen molar-refractivity contribution < 1.29 is 21.6 Å². The number of hydrogen-bond acceptors (Lipinski definition) is 7. The fourth-order valence-corrected chi connectivity index (χ4v) is 5.71. The maximum Gasteiger partial charge on any atom is 0.417 e. The molecule has 1 aliphatic heterocycles. The van der Waals surface area contributed by atoms with Crippen LogP contribution in [0.15, 0.2) is 41.3 Å². The highest BCUT2D eigenvalue weighted by molar-refractivity contribution is 7.89. The standard InChI is InChI=1S/C21H22F3N7O2S/c22-21(23,24)17-6-5-16(18(19(17)34(26,32)33)20-27-29-30-28-20)12-3-1-11(2-4-12)13-9-31(10-13)15-7-14(25)8-15/h1-6,13-15H,7-10,25H2,(H2,26,32,33)(H,27,28,29,30). The highest BCUT2D eigenvalue weighted by atomic mass is 32.2. The monoisotopic (exact) mass is 493 g/mol. The SMILES string of the molecule is NC1CC(N2CC(c3ccc(-c4ccc(C(F)(F)F)c(S(N)(=O)=O)c4-c4nnn[nH]4)cc3)C2)C1. The number of rotatable bonds is 5. The summed E-state index contributed by atoms with van der Waals surface area (Å²) in [6.07, 6.45) is -2.91. The molecule has 0 unspecified atom stereocenters. The Morgan fingerprint density at radius 3 is 2.26 bits per heavy atom. The highest BCUT2D eigenvalue weighted by Gasteiger charge is 2.40. The van der Waals surface area contributed by atoms with Crippen molar-refractivity contribution in [1.82, 2.24) is 25.5 Å². The van der Waals surface area contributed by atoms with Crippen LogP contribution in [0.25, 0.3) is 22.5 Å². The number of likely N-dealkylation sites (tertiary alicyclic amines) is 1. The van der Waals surface area contributed by atoms with E-state index in [1.54, 1.807) is 12.1 Å². The molecule has 0 spiro atoms. The average Bonchev–Trinajstić information content (AvgIpc) is 3.24. The van der Waals surface area contributed by atoms with Gasteiger partial charge in [0.05, 0.1) is 5.56 Å². The van der Waals surface area contributed by atoms with Crippen LogP contribution in [-0.2, 0) is 16.2 Å². The number of nitrogens with one attached hydrogen (secondary N) is 1. The summed E-state index contributed by atoms with van der Waals surface area (Å²) < 4.78 is 65.6. The molecular formula is C21H22F3N7O2S. The zero-order chi connectivity index (χ0) is 24.3. The molecule has 2 aliphatic rings. The molecule has 0 amide bonds. The number of benzene rings is 2. The maximum atomic E-state index is 13.7. The fourth-order valence-electron chi connectivity index (χ4n) is 4.73. The number of sulfonamides is 1. The first kappa shape index (κ1) is 22.9. The van der Waals surface area contributed by atoms with Gasteiger partial charge in [-0.1, -0.05) is 30.3 Å². The summed E-state index contributed by atoms with van der Waals surface area (Å²) >= 11 is 0. The minimum Gasteiger partial charge on any atom is -0.328 e. The summed E-state index contributed by atoms with van der Waals surface area (Å²) in [7, 11) is -4.79. The zero-order valence-electron chi connectivity index (χ0n) is 17.8. The lowest BCUT2D eigenvalue weighted by atomic mass is 9.81. The average molecular weight is 494 g/mol. The smallest absolute Gasteiger partial charge is 0.328 e. The van der Waals surface area contributed by atoms with E-state index in [9.17, 15) is 21.6 Å². The molecule has 3 aromatic rings. The van der Waals surface area contributed by atoms with Crippen LogP contribution in [0.5, 0.6) is 0 Å². The van der Waals surface area contributed by atoms with Crippen LogP contribution in [0.3, 0.4) is 0 Å². The predicted octanol–water partition coefficient (Wildman–Crippen LogP) is 2.09. The van der Waals surface area contributed by atoms with Crippen molar-refractivity contribution in [3.8, 4) is 22.5 Å². The van der Waals surface area contributed by atoms with E-state index in [4.69, 9.17) is 10.9 Å². The van der Waals surface area contributed by atoms with Gasteiger partial charge in [-0.05, 0) is 46.0 Å². The van der Waals surface area contributed by atoms with Crippen LogP contribution >= 0.6 is 0 Å². The zero-order valence-corrected chi connectivity index (χ0v) is 18.6. The second-order valence-electron chi connectivity index (χ2n) is 8.82. The number of hydrogen-bond donors (Lipinski definition) is 3. The van der Waals surface area contributed by atoms with E-state index < -0.39 is 26.7 Å².